The summed E-state index contributed by atoms with van der Waals surface area (Å²) in [5, 5.41) is 8.70. The van der Waals surface area contributed by atoms with Crippen LogP contribution in [0.1, 0.15) is 5.56 Å². The molecule has 2 aromatic carbocycles. The highest BCUT2D eigenvalue weighted by atomic mass is 35.5. The van der Waals surface area contributed by atoms with E-state index >= 15 is 0 Å². The fourth-order valence-electron chi connectivity index (χ4n) is 2.73. The lowest BCUT2D eigenvalue weighted by molar-refractivity contribution is 0.628. The number of pyridine rings is 1. The van der Waals surface area contributed by atoms with Crippen molar-refractivity contribution in [1.82, 2.24) is 14.8 Å². The molecule has 0 aliphatic rings. The molecule has 2 heterocycles. The van der Waals surface area contributed by atoms with Crippen molar-refractivity contribution in [2.24, 2.45) is 0 Å². The third kappa shape index (κ3) is 3.06. The number of fused-ring (bicyclic) bond motifs is 1. The first-order chi connectivity index (χ1) is 12.2. The first kappa shape index (κ1) is 15.6. The molecule has 4 nitrogen and oxygen atoms in total. The number of rotatable bonds is 4. The molecule has 0 radical (unpaired) electrons. The monoisotopic (exact) mass is 352 g/mol. The van der Waals surface area contributed by atoms with Crippen molar-refractivity contribution in [1.29, 1.82) is 0 Å². The van der Waals surface area contributed by atoms with Crippen molar-refractivity contribution in [3.63, 3.8) is 0 Å². The second-order valence-electron chi connectivity index (χ2n) is 5.57. The summed E-state index contributed by atoms with van der Waals surface area (Å²) in [5.74, 6) is -0.349. The molecule has 0 amide bonds. The Morgan fingerprint density at radius 1 is 1.08 bits per heavy atom. The van der Waals surface area contributed by atoms with Crippen molar-refractivity contribution in [2.75, 3.05) is 5.32 Å². The molecule has 0 fully saturated rings. The predicted octanol–water partition coefficient (Wildman–Crippen LogP) is 4.83. The summed E-state index contributed by atoms with van der Waals surface area (Å²) < 4.78 is 16.0. The molecule has 0 saturated carbocycles. The Bertz CT molecular complexity index is 1030. The van der Waals surface area contributed by atoms with Gasteiger partial charge in [-0.2, -0.15) is 5.10 Å². The van der Waals surface area contributed by atoms with Gasteiger partial charge in [-0.15, -0.1) is 0 Å². The van der Waals surface area contributed by atoms with Gasteiger partial charge in [-0.3, -0.25) is 0 Å². The Balaban J connectivity index is 1.67. The van der Waals surface area contributed by atoms with Gasteiger partial charge in [0, 0.05) is 29.9 Å². The summed E-state index contributed by atoms with van der Waals surface area (Å²) in [4.78, 5) is 4.40. The first-order valence-corrected chi connectivity index (χ1v) is 8.17. The van der Waals surface area contributed by atoms with Crippen molar-refractivity contribution in [2.45, 2.75) is 6.54 Å². The number of hydrogen-bond donors (Lipinski definition) is 1. The number of hydrogen-bond acceptors (Lipinski definition) is 3. The summed E-state index contributed by atoms with van der Waals surface area (Å²) in [6, 6.07) is 16.4. The van der Waals surface area contributed by atoms with Crippen LogP contribution in [0, 0.1) is 5.82 Å². The molecule has 25 heavy (non-hydrogen) atoms. The molecule has 1 N–H and O–H groups in total. The smallest absolute Gasteiger partial charge is 0.148 e. The topological polar surface area (TPSA) is 42.7 Å². The minimum absolute atomic E-state index is 0.349. The standard InChI is InChI=1S/C19H14ClFN4/c20-19-14(11-13-5-1-2-7-16(13)24-19)12-22-18-15(21)6-3-8-17(18)25-10-4-9-23-25/h1-11,22H,12H2. The maximum atomic E-state index is 14.3. The number of benzene rings is 2. The van der Waals surface area contributed by atoms with Gasteiger partial charge in [0.25, 0.3) is 0 Å². The second kappa shape index (κ2) is 6.53. The van der Waals surface area contributed by atoms with E-state index in [1.165, 1.54) is 6.07 Å². The number of nitrogens with zero attached hydrogens (tertiary/aromatic N) is 3. The van der Waals surface area contributed by atoms with Crippen LogP contribution in [0.3, 0.4) is 0 Å². The predicted molar refractivity (Wildman–Crippen MR) is 97.6 cm³/mol. The molecule has 0 unspecified atom stereocenters. The van der Waals surface area contributed by atoms with Crippen molar-refractivity contribution < 1.29 is 4.39 Å². The molecular weight excluding hydrogens is 339 g/mol. The zero-order valence-corrected chi connectivity index (χ0v) is 13.9. The average molecular weight is 353 g/mol. The third-order valence-corrected chi connectivity index (χ3v) is 4.28. The van der Waals surface area contributed by atoms with Crippen LogP contribution in [0.4, 0.5) is 10.1 Å². The Kier molecular flexibility index (Phi) is 4.07. The number of anilines is 1. The fourth-order valence-corrected chi connectivity index (χ4v) is 2.95. The molecule has 2 aromatic heterocycles. The van der Waals surface area contributed by atoms with Crippen LogP contribution in [0.25, 0.3) is 16.6 Å². The van der Waals surface area contributed by atoms with Crippen molar-refractivity contribution in [3.8, 4) is 5.69 Å². The van der Waals surface area contributed by atoms with Gasteiger partial charge in [-0.1, -0.05) is 35.9 Å². The van der Waals surface area contributed by atoms with E-state index in [1.807, 2.05) is 30.3 Å². The lowest BCUT2D eigenvalue weighted by atomic mass is 10.1. The molecule has 4 aromatic rings. The molecular formula is C19H14ClFN4. The lowest BCUT2D eigenvalue weighted by Gasteiger charge is -2.14. The van der Waals surface area contributed by atoms with Crippen molar-refractivity contribution >= 4 is 28.2 Å². The molecule has 4 rings (SSSR count). The van der Waals surface area contributed by atoms with E-state index in [1.54, 1.807) is 35.3 Å². The largest absolute Gasteiger partial charge is 0.377 e. The molecule has 0 atom stereocenters. The maximum Gasteiger partial charge on any atom is 0.148 e. The second-order valence-corrected chi connectivity index (χ2v) is 5.93. The normalized spacial score (nSPS) is 11.0. The van der Waals surface area contributed by atoms with E-state index in [-0.39, 0.29) is 5.82 Å². The van der Waals surface area contributed by atoms with Gasteiger partial charge in [0.1, 0.15) is 11.0 Å². The Labute approximate surface area is 148 Å². The van der Waals surface area contributed by atoms with Crippen molar-refractivity contribution in [3.05, 3.63) is 83.5 Å². The third-order valence-electron chi connectivity index (χ3n) is 3.95. The molecule has 0 aliphatic carbocycles. The van der Waals surface area contributed by atoms with Gasteiger partial charge in [0.2, 0.25) is 0 Å². The summed E-state index contributed by atoms with van der Waals surface area (Å²) in [6.45, 7) is 0.353. The molecule has 0 aliphatic heterocycles. The van der Waals surface area contributed by atoms with Crippen LogP contribution < -0.4 is 5.32 Å². The summed E-state index contributed by atoms with van der Waals surface area (Å²) in [5.41, 5.74) is 2.64. The van der Waals surface area contributed by atoms with E-state index in [0.29, 0.717) is 23.1 Å². The Morgan fingerprint density at radius 2 is 1.96 bits per heavy atom. The highest BCUT2D eigenvalue weighted by Gasteiger charge is 2.12. The highest BCUT2D eigenvalue weighted by molar-refractivity contribution is 6.30. The van der Waals surface area contributed by atoms with Crippen LogP contribution in [0.5, 0.6) is 0 Å². The van der Waals surface area contributed by atoms with Crippen LogP contribution in [0.2, 0.25) is 5.15 Å². The van der Waals surface area contributed by atoms with Crippen LogP contribution in [-0.2, 0) is 6.54 Å². The first-order valence-electron chi connectivity index (χ1n) is 7.79. The SMILES string of the molecule is Fc1cccc(-n2cccn2)c1NCc1cc2ccccc2nc1Cl. The van der Waals surface area contributed by atoms with Gasteiger partial charge in [0.15, 0.2) is 0 Å². The number of aromatic nitrogens is 3. The molecule has 6 heteroatoms. The Hall–Kier alpha value is -2.92. The molecule has 0 spiro atoms. The fraction of sp³-hybridized carbons (Fsp3) is 0.0526. The minimum Gasteiger partial charge on any atom is -0.377 e. The summed E-state index contributed by atoms with van der Waals surface area (Å²) >= 11 is 6.29. The van der Waals surface area contributed by atoms with Crippen LogP contribution in [-0.4, -0.2) is 14.8 Å². The molecule has 124 valence electrons. The molecule has 0 saturated heterocycles. The van der Waals surface area contributed by atoms with Gasteiger partial charge < -0.3 is 5.32 Å². The zero-order valence-electron chi connectivity index (χ0n) is 13.2. The van der Waals surface area contributed by atoms with E-state index in [0.717, 1.165) is 16.5 Å². The zero-order chi connectivity index (χ0) is 17.2. The van der Waals surface area contributed by atoms with Gasteiger partial charge in [-0.25, -0.2) is 14.1 Å². The summed E-state index contributed by atoms with van der Waals surface area (Å²) in [6.07, 6.45) is 3.42. The highest BCUT2D eigenvalue weighted by Crippen LogP contribution is 2.26. The summed E-state index contributed by atoms with van der Waals surface area (Å²) in [7, 11) is 0. The number of para-hydroxylation sites is 2. The number of halogens is 2. The van der Waals surface area contributed by atoms with E-state index in [9.17, 15) is 4.39 Å². The minimum atomic E-state index is -0.349. The van der Waals surface area contributed by atoms with Gasteiger partial charge >= 0.3 is 0 Å². The van der Waals surface area contributed by atoms with E-state index in [4.69, 9.17) is 11.6 Å². The van der Waals surface area contributed by atoms with Crippen LogP contribution >= 0.6 is 11.6 Å². The maximum absolute atomic E-state index is 14.3. The van der Waals surface area contributed by atoms with E-state index < -0.39 is 0 Å². The Morgan fingerprint density at radius 3 is 2.80 bits per heavy atom. The van der Waals surface area contributed by atoms with Crippen LogP contribution in [0.15, 0.2) is 67.0 Å². The van der Waals surface area contributed by atoms with Gasteiger partial charge in [-0.05, 0) is 30.3 Å². The quantitative estimate of drug-likeness (QED) is 0.535. The lowest BCUT2D eigenvalue weighted by Crippen LogP contribution is -2.07. The number of nitrogens with one attached hydrogen (secondary N) is 1. The van der Waals surface area contributed by atoms with Gasteiger partial charge in [0.05, 0.1) is 16.9 Å². The van der Waals surface area contributed by atoms with E-state index in [2.05, 4.69) is 15.4 Å². The average Bonchev–Trinajstić information content (AvgIpc) is 3.15. The molecule has 0 bridgehead atoms.